The topological polar surface area (TPSA) is 121 Å². The molecule has 10 heteroatoms. The third-order valence-electron chi connectivity index (χ3n) is 4.06. The predicted molar refractivity (Wildman–Crippen MR) is 108 cm³/mol. The molecule has 2 aromatic rings. The number of nitro benzene ring substituents is 1. The van der Waals surface area contributed by atoms with E-state index in [1.165, 1.54) is 0 Å². The number of aryl methyl sites for hydroxylation is 1. The molecule has 8 nitrogen and oxygen atoms in total. The number of ether oxygens (including phenoxy) is 1. The summed E-state index contributed by atoms with van der Waals surface area (Å²) in [4.78, 5) is 22.3. The van der Waals surface area contributed by atoms with E-state index in [2.05, 4.69) is 0 Å². The van der Waals surface area contributed by atoms with Crippen LogP contribution in [0.15, 0.2) is 46.2 Å². The lowest BCUT2D eigenvalue weighted by Crippen LogP contribution is -2.18. The van der Waals surface area contributed by atoms with E-state index in [9.17, 15) is 27.5 Å². The van der Waals surface area contributed by atoms with Crippen LogP contribution in [-0.4, -0.2) is 35.5 Å². The zero-order valence-electron chi connectivity index (χ0n) is 16.4. The van der Waals surface area contributed by atoms with Crippen molar-refractivity contribution in [2.75, 3.05) is 12.0 Å². The number of rotatable bonds is 7. The van der Waals surface area contributed by atoms with Gasteiger partial charge in [-0.15, -0.1) is 0 Å². The Kier molecular flexibility index (Phi) is 6.91. The van der Waals surface area contributed by atoms with Gasteiger partial charge in [0.1, 0.15) is 16.4 Å². The minimum Gasteiger partial charge on any atom is -0.426 e. The summed E-state index contributed by atoms with van der Waals surface area (Å²) in [6, 6.07) is 8.47. The van der Waals surface area contributed by atoms with Crippen LogP contribution >= 0.6 is 0 Å². The quantitative estimate of drug-likeness (QED) is 0.281. The van der Waals surface area contributed by atoms with Crippen molar-refractivity contribution in [1.29, 1.82) is 0 Å². The van der Waals surface area contributed by atoms with Crippen LogP contribution in [0.2, 0.25) is 0 Å². The average molecular weight is 440 g/mol. The Bertz CT molecular complexity index is 1090. The lowest BCUT2D eigenvalue weighted by molar-refractivity contribution is -0.388. The van der Waals surface area contributed by atoms with Gasteiger partial charge in [-0.1, -0.05) is 26.0 Å². The highest BCUT2D eigenvalue weighted by Gasteiger charge is 2.25. The molecule has 0 aliphatic carbocycles. The van der Waals surface area contributed by atoms with Crippen molar-refractivity contribution in [3.8, 4) is 5.75 Å². The number of esters is 1. The number of nitrogens with zero attached hydrogens (tertiary/aromatic N) is 1. The van der Waals surface area contributed by atoms with E-state index in [0.29, 0.717) is 5.75 Å². The van der Waals surface area contributed by atoms with Crippen LogP contribution < -0.4 is 4.74 Å². The van der Waals surface area contributed by atoms with Gasteiger partial charge in [0.15, 0.2) is 9.84 Å². The van der Waals surface area contributed by atoms with Crippen LogP contribution in [0.3, 0.4) is 0 Å². The fourth-order valence-corrected chi connectivity index (χ4v) is 4.26. The summed E-state index contributed by atoms with van der Waals surface area (Å²) in [5.74, 6) is -0.973. The van der Waals surface area contributed by atoms with Gasteiger partial charge in [0.25, 0.3) is 5.69 Å². The van der Waals surface area contributed by atoms with Crippen molar-refractivity contribution in [3.05, 3.63) is 57.6 Å². The standard InChI is InChI=1S/C19H21NO7S2/c1-12(2)15-7-5-13(3)9-17(15)27-19(21)11-28(24)18-8-6-14(29(4,25)26)10-16(18)20(22)23/h5-10,12H,11H2,1-4H3. The first-order chi connectivity index (χ1) is 13.4. The molecule has 0 aliphatic heterocycles. The van der Waals surface area contributed by atoms with E-state index in [-0.39, 0.29) is 15.7 Å². The Hall–Kier alpha value is -2.59. The van der Waals surface area contributed by atoms with E-state index in [1.54, 1.807) is 6.07 Å². The zero-order valence-corrected chi connectivity index (χ0v) is 18.0. The van der Waals surface area contributed by atoms with E-state index >= 15 is 0 Å². The summed E-state index contributed by atoms with van der Waals surface area (Å²) in [6.45, 7) is 5.71. The van der Waals surface area contributed by atoms with Crippen molar-refractivity contribution >= 4 is 32.3 Å². The first-order valence-electron chi connectivity index (χ1n) is 8.58. The minimum absolute atomic E-state index is 0.0912. The molecular formula is C19H21NO7S2. The number of hydrogen-bond acceptors (Lipinski definition) is 7. The van der Waals surface area contributed by atoms with Crippen molar-refractivity contribution in [3.63, 3.8) is 0 Å². The second-order valence-electron chi connectivity index (χ2n) is 6.82. The van der Waals surface area contributed by atoms with Crippen LogP contribution in [0.4, 0.5) is 5.69 Å². The molecule has 1 atom stereocenters. The maximum Gasteiger partial charge on any atom is 0.324 e. The molecule has 0 spiro atoms. The first-order valence-corrected chi connectivity index (χ1v) is 11.8. The van der Waals surface area contributed by atoms with Gasteiger partial charge in [-0.3, -0.25) is 19.1 Å². The molecule has 0 amide bonds. The van der Waals surface area contributed by atoms with Crippen LogP contribution in [0, 0.1) is 17.0 Å². The first kappa shape index (κ1) is 22.7. The Morgan fingerprint density at radius 2 is 1.86 bits per heavy atom. The molecule has 0 radical (unpaired) electrons. The molecule has 0 bridgehead atoms. The molecule has 2 rings (SSSR count). The lowest BCUT2D eigenvalue weighted by Gasteiger charge is -2.13. The maximum absolute atomic E-state index is 12.6. The number of carbonyl (C=O) groups excluding carboxylic acids is 1. The number of nitro groups is 1. The number of hydrogen-bond donors (Lipinski definition) is 0. The van der Waals surface area contributed by atoms with Crippen LogP contribution in [0.1, 0.15) is 30.9 Å². The minimum atomic E-state index is -3.68. The van der Waals surface area contributed by atoms with Gasteiger partial charge in [0.05, 0.1) is 20.6 Å². The van der Waals surface area contributed by atoms with E-state index in [4.69, 9.17) is 4.74 Å². The highest BCUT2D eigenvalue weighted by atomic mass is 32.2. The zero-order chi connectivity index (χ0) is 21.9. The van der Waals surface area contributed by atoms with Gasteiger partial charge in [0.2, 0.25) is 0 Å². The SMILES string of the molecule is Cc1ccc(C(C)C)c(OC(=O)CS(=O)c2ccc(S(C)(=O)=O)cc2[N+](=O)[O-])c1. The summed E-state index contributed by atoms with van der Waals surface area (Å²) < 4.78 is 41.2. The number of benzene rings is 2. The number of sulfone groups is 1. The van der Waals surface area contributed by atoms with Gasteiger partial charge >= 0.3 is 5.97 Å². The van der Waals surface area contributed by atoms with Crippen LogP contribution in [0.25, 0.3) is 0 Å². The maximum atomic E-state index is 12.6. The normalized spacial score (nSPS) is 12.6. The molecule has 0 N–H and O–H groups in total. The molecule has 0 aliphatic rings. The Balaban J connectivity index is 2.28. The molecule has 29 heavy (non-hydrogen) atoms. The fourth-order valence-electron chi connectivity index (χ4n) is 2.61. The predicted octanol–water partition coefficient (Wildman–Crippen LogP) is 3.14. The summed E-state index contributed by atoms with van der Waals surface area (Å²) in [6.07, 6.45) is 0.911. The van der Waals surface area contributed by atoms with Crippen molar-refractivity contribution in [2.24, 2.45) is 0 Å². The summed E-state index contributed by atoms with van der Waals surface area (Å²) in [5.41, 5.74) is 1.06. The Labute approximate surface area is 171 Å². The van der Waals surface area contributed by atoms with E-state index < -0.39 is 43.0 Å². The Morgan fingerprint density at radius 3 is 2.41 bits per heavy atom. The van der Waals surface area contributed by atoms with Gasteiger partial charge in [0, 0.05) is 12.3 Å². The smallest absolute Gasteiger partial charge is 0.324 e. The third-order valence-corrected chi connectivity index (χ3v) is 6.51. The third kappa shape index (κ3) is 5.70. The van der Waals surface area contributed by atoms with Gasteiger partial charge in [-0.05, 0) is 42.2 Å². The molecular weight excluding hydrogens is 418 g/mol. The van der Waals surface area contributed by atoms with E-state index in [1.807, 2.05) is 32.9 Å². The summed E-state index contributed by atoms with van der Waals surface area (Å²) >= 11 is 0. The highest BCUT2D eigenvalue weighted by molar-refractivity contribution is 7.90. The lowest BCUT2D eigenvalue weighted by atomic mass is 10.0. The Morgan fingerprint density at radius 1 is 1.21 bits per heavy atom. The van der Waals surface area contributed by atoms with Crippen LogP contribution in [0.5, 0.6) is 5.75 Å². The second-order valence-corrected chi connectivity index (χ2v) is 10.3. The molecule has 0 saturated heterocycles. The van der Waals surface area contributed by atoms with E-state index in [0.717, 1.165) is 35.6 Å². The van der Waals surface area contributed by atoms with Crippen molar-refractivity contribution in [2.45, 2.75) is 36.5 Å². The second kappa shape index (κ2) is 8.83. The highest BCUT2D eigenvalue weighted by Crippen LogP contribution is 2.29. The summed E-state index contributed by atoms with van der Waals surface area (Å²) in [5, 5.41) is 11.3. The fraction of sp³-hybridized carbons (Fsp3) is 0.316. The van der Waals surface area contributed by atoms with Gasteiger partial charge in [-0.2, -0.15) is 0 Å². The molecule has 1 unspecified atom stereocenters. The molecule has 0 fully saturated rings. The average Bonchev–Trinajstić information content (AvgIpc) is 2.59. The molecule has 2 aromatic carbocycles. The van der Waals surface area contributed by atoms with Gasteiger partial charge in [-0.25, -0.2) is 8.42 Å². The molecule has 0 heterocycles. The van der Waals surface area contributed by atoms with Crippen molar-refractivity contribution in [1.82, 2.24) is 0 Å². The molecule has 0 aromatic heterocycles. The largest absolute Gasteiger partial charge is 0.426 e. The monoisotopic (exact) mass is 439 g/mol. The van der Waals surface area contributed by atoms with Gasteiger partial charge < -0.3 is 4.74 Å². The molecule has 156 valence electrons. The van der Waals surface area contributed by atoms with Crippen LogP contribution in [-0.2, 0) is 25.4 Å². The van der Waals surface area contributed by atoms with Crippen molar-refractivity contribution < 1.29 is 27.1 Å². The molecule has 0 saturated carbocycles. The number of carbonyl (C=O) groups is 1. The summed E-state index contributed by atoms with van der Waals surface area (Å²) in [7, 11) is -5.77.